The molecule has 1 amide bonds. The van der Waals surface area contributed by atoms with Gasteiger partial charge in [-0.25, -0.2) is 9.37 Å². The van der Waals surface area contributed by atoms with Crippen molar-refractivity contribution in [3.8, 4) is 11.3 Å². The van der Waals surface area contributed by atoms with Crippen molar-refractivity contribution < 1.29 is 9.18 Å². The minimum absolute atomic E-state index is 0. The van der Waals surface area contributed by atoms with Crippen LogP contribution in [0.1, 0.15) is 43.1 Å². The van der Waals surface area contributed by atoms with Gasteiger partial charge in [0.25, 0.3) is 0 Å². The van der Waals surface area contributed by atoms with E-state index >= 15 is 0 Å². The number of rotatable bonds is 11. The number of aryl methyl sites for hydroxylation is 1. The average Bonchev–Trinajstić information content (AvgIpc) is 3.34. The Hall–Kier alpha value is -3.82. The highest BCUT2D eigenvalue weighted by Gasteiger charge is 2.29. The third kappa shape index (κ3) is 7.52. The lowest BCUT2D eigenvalue weighted by molar-refractivity contribution is -0.134. The van der Waals surface area contributed by atoms with E-state index in [0.29, 0.717) is 26.1 Å². The number of unbranched alkanes of at least 4 members (excludes halogenated alkanes) is 2. The first kappa shape index (κ1) is 31.1. The molecule has 7 nitrogen and oxygen atoms in total. The first-order valence-electron chi connectivity index (χ1n) is 14.5. The fourth-order valence-electron chi connectivity index (χ4n) is 5.17. The molecule has 0 saturated heterocycles. The molecule has 4 N–H and O–H groups in total. The van der Waals surface area contributed by atoms with Crippen molar-refractivity contribution in [2.24, 2.45) is 5.73 Å². The standard InChI is InChI=1S/C33H39FN6O.H2S/c1-3-4-5-18-36-27-16-8-24(9-17-27)21-29(35)33(41)39-19-20-40-30(22-39)38-31(25-10-12-26(34)13-11-25)32(40)37-28-14-6-23(2)7-15-28;/h6-17,29,36-37H,3-5,18-22,35H2,1-2H3;1H2/t29-;/m0./s1. The number of fused-ring (bicyclic) bond motifs is 1. The SMILES string of the molecule is CCCCCNc1ccc(C[C@H](N)C(=O)N2CCn3c(nc(-c4ccc(F)cc4)c3Nc3ccc(C)cc3)C2)cc1.S. The molecular weight excluding hydrogens is 547 g/mol. The Balaban J connectivity index is 0.00000405. The number of nitrogens with two attached hydrogens (primary N) is 1. The summed E-state index contributed by atoms with van der Waals surface area (Å²) in [5.74, 6) is 1.21. The summed E-state index contributed by atoms with van der Waals surface area (Å²) in [5, 5.41) is 6.96. The number of hydrogen-bond acceptors (Lipinski definition) is 5. The number of carbonyl (C=O) groups is 1. The largest absolute Gasteiger partial charge is 0.385 e. The zero-order chi connectivity index (χ0) is 28.8. The van der Waals surface area contributed by atoms with E-state index in [4.69, 9.17) is 10.7 Å². The molecule has 1 atom stereocenters. The first-order chi connectivity index (χ1) is 19.9. The molecule has 0 aliphatic carbocycles. The summed E-state index contributed by atoms with van der Waals surface area (Å²) >= 11 is 0. The minimum Gasteiger partial charge on any atom is -0.385 e. The van der Waals surface area contributed by atoms with Gasteiger partial charge in [0.2, 0.25) is 5.91 Å². The van der Waals surface area contributed by atoms with Crippen molar-refractivity contribution >= 4 is 36.6 Å². The minimum atomic E-state index is -0.637. The van der Waals surface area contributed by atoms with Crippen molar-refractivity contribution in [3.63, 3.8) is 0 Å². The quantitative estimate of drug-likeness (QED) is 0.177. The van der Waals surface area contributed by atoms with Gasteiger partial charge in [-0.1, -0.05) is 49.6 Å². The number of nitrogens with zero attached hydrogens (tertiary/aromatic N) is 3. The van der Waals surface area contributed by atoms with Crippen LogP contribution in [-0.2, 0) is 24.3 Å². The molecule has 222 valence electrons. The molecule has 3 aromatic carbocycles. The molecule has 9 heteroatoms. The Labute approximate surface area is 254 Å². The van der Waals surface area contributed by atoms with Crippen LogP contribution >= 0.6 is 13.5 Å². The molecular formula is C33H41FN6OS. The molecule has 1 aromatic heterocycles. The Morgan fingerprint density at radius 1 is 0.976 bits per heavy atom. The Bertz CT molecular complexity index is 1450. The summed E-state index contributed by atoms with van der Waals surface area (Å²) in [6, 6.07) is 22.0. The van der Waals surface area contributed by atoms with E-state index in [9.17, 15) is 9.18 Å². The number of nitrogens with one attached hydrogen (secondary N) is 2. The van der Waals surface area contributed by atoms with Crippen LogP contribution in [0.4, 0.5) is 21.6 Å². The number of halogens is 1. The monoisotopic (exact) mass is 588 g/mol. The zero-order valence-corrected chi connectivity index (χ0v) is 25.4. The molecule has 42 heavy (non-hydrogen) atoms. The van der Waals surface area contributed by atoms with Crippen LogP contribution in [0.25, 0.3) is 11.3 Å². The molecule has 0 radical (unpaired) electrons. The van der Waals surface area contributed by atoms with Gasteiger partial charge in [-0.2, -0.15) is 13.5 Å². The lowest BCUT2D eigenvalue weighted by Gasteiger charge is -2.30. The fourth-order valence-corrected chi connectivity index (χ4v) is 5.17. The molecule has 0 spiro atoms. The van der Waals surface area contributed by atoms with Gasteiger partial charge in [0.05, 0.1) is 12.6 Å². The summed E-state index contributed by atoms with van der Waals surface area (Å²) < 4.78 is 15.8. The van der Waals surface area contributed by atoms with E-state index < -0.39 is 6.04 Å². The molecule has 0 bridgehead atoms. The highest BCUT2D eigenvalue weighted by Crippen LogP contribution is 2.33. The highest BCUT2D eigenvalue weighted by molar-refractivity contribution is 7.59. The van der Waals surface area contributed by atoms with Gasteiger partial charge in [-0.3, -0.25) is 4.79 Å². The molecule has 0 fully saturated rings. The van der Waals surface area contributed by atoms with E-state index in [1.54, 1.807) is 17.0 Å². The van der Waals surface area contributed by atoms with Crippen LogP contribution < -0.4 is 16.4 Å². The van der Waals surface area contributed by atoms with Crippen molar-refractivity contribution in [1.29, 1.82) is 0 Å². The molecule has 0 saturated carbocycles. The van der Waals surface area contributed by atoms with E-state index in [1.807, 2.05) is 43.3 Å². The maximum Gasteiger partial charge on any atom is 0.240 e. The number of imidazole rings is 1. The van der Waals surface area contributed by atoms with E-state index in [1.165, 1.54) is 30.5 Å². The topological polar surface area (TPSA) is 88.2 Å². The van der Waals surface area contributed by atoms with Gasteiger partial charge in [0, 0.05) is 36.6 Å². The number of amides is 1. The normalized spacial score (nSPS) is 13.2. The molecule has 5 rings (SSSR count). The molecule has 0 unspecified atom stereocenters. The predicted octanol–water partition coefficient (Wildman–Crippen LogP) is 6.37. The van der Waals surface area contributed by atoms with Crippen LogP contribution in [-0.4, -0.2) is 39.5 Å². The Morgan fingerprint density at radius 2 is 1.67 bits per heavy atom. The zero-order valence-electron chi connectivity index (χ0n) is 24.4. The second-order valence-electron chi connectivity index (χ2n) is 10.8. The Morgan fingerprint density at radius 3 is 2.36 bits per heavy atom. The second kappa shape index (κ2) is 14.4. The number of carbonyl (C=O) groups excluding carboxylic acids is 1. The molecule has 2 heterocycles. The van der Waals surface area contributed by atoms with Crippen molar-refractivity contribution in [2.45, 2.75) is 58.7 Å². The first-order valence-corrected chi connectivity index (χ1v) is 14.5. The summed E-state index contributed by atoms with van der Waals surface area (Å²) in [6.07, 6.45) is 4.05. The van der Waals surface area contributed by atoms with Gasteiger partial charge in [0.1, 0.15) is 23.2 Å². The summed E-state index contributed by atoms with van der Waals surface area (Å²) in [7, 11) is 0. The lowest BCUT2D eigenvalue weighted by atomic mass is 10.0. The van der Waals surface area contributed by atoms with Gasteiger partial charge < -0.3 is 25.8 Å². The van der Waals surface area contributed by atoms with Crippen LogP contribution in [0, 0.1) is 12.7 Å². The third-order valence-corrected chi connectivity index (χ3v) is 7.55. The molecule has 1 aliphatic rings. The number of aromatic nitrogens is 2. The maximum absolute atomic E-state index is 13.7. The van der Waals surface area contributed by atoms with Gasteiger partial charge in [-0.15, -0.1) is 0 Å². The van der Waals surface area contributed by atoms with Crippen LogP contribution in [0.2, 0.25) is 0 Å². The fraction of sp³-hybridized carbons (Fsp3) is 0.333. The maximum atomic E-state index is 13.7. The number of hydrogen-bond donors (Lipinski definition) is 3. The van der Waals surface area contributed by atoms with Gasteiger partial charge >= 0.3 is 0 Å². The van der Waals surface area contributed by atoms with E-state index in [-0.39, 0.29) is 25.2 Å². The van der Waals surface area contributed by atoms with Gasteiger partial charge in [0.15, 0.2) is 0 Å². The number of benzene rings is 3. The van der Waals surface area contributed by atoms with Crippen LogP contribution in [0.5, 0.6) is 0 Å². The van der Waals surface area contributed by atoms with Crippen molar-refractivity contribution in [3.05, 3.63) is 95.6 Å². The van der Waals surface area contributed by atoms with E-state index in [2.05, 4.69) is 34.3 Å². The predicted molar refractivity (Wildman–Crippen MR) is 174 cm³/mol. The van der Waals surface area contributed by atoms with Crippen molar-refractivity contribution in [2.75, 3.05) is 23.7 Å². The lowest BCUT2D eigenvalue weighted by Crippen LogP contribution is -2.47. The van der Waals surface area contributed by atoms with Gasteiger partial charge in [-0.05, 0) is 73.9 Å². The third-order valence-electron chi connectivity index (χ3n) is 7.55. The summed E-state index contributed by atoms with van der Waals surface area (Å²) in [4.78, 5) is 20.1. The molecule has 4 aromatic rings. The average molecular weight is 589 g/mol. The Kier molecular flexibility index (Phi) is 10.7. The van der Waals surface area contributed by atoms with Crippen LogP contribution in [0.15, 0.2) is 72.8 Å². The van der Waals surface area contributed by atoms with Crippen molar-refractivity contribution in [1.82, 2.24) is 14.5 Å². The summed E-state index contributed by atoms with van der Waals surface area (Å²) in [5.41, 5.74) is 12.2. The molecule has 1 aliphatic heterocycles. The smallest absolute Gasteiger partial charge is 0.240 e. The highest BCUT2D eigenvalue weighted by atomic mass is 32.1. The summed E-state index contributed by atoms with van der Waals surface area (Å²) in [6.45, 7) is 6.67. The second-order valence-corrected chi connectivity index (χ2v) is 10.8. The number of anilines is 3. The van der Waals surface area contributed by atoms with Crippen LogP contribution in [0.3, 0.4) is 0 Å². The van der Waals surface area contributed by atoms with E-state index in [0.717, 1.165) is 52.8 Å².